The van der Waals surface area contributed by atoms with Crippen LogP contribution in [0.15, 0.2) is 42.7 Å². The van der Waals surface area contributed by atoms with Gasteiger partial charge in [-0.15, -0.1) is 0 Å². The van der Waals surface area contributed by atoms with Crippen LogP contribution in [-0.4, -0.2) is 27.8 Å². The number of hydrogen-bond donors (Lipinski definition) is 1. The number of nitro groups is 1. The van der Waals surface area contributed by atoms with Gasteiger partial charge in [-0.05, 0) is 19.1 Å². The van der Waals surface area contributed by atoms with Gasteiger partial charge in [0.1, 0.15) is 12.1 Å². The molecule has 0 spiro atoms. The number of nitrogens with one attached hydrogen (secondary N) is 1. The molecule has 0 amide bonds. The van der Waals surface area contributed by atoms with Crippen molar-refractivity contribution in [1.82, 2.24) is 9.97 Å². The number of ether oxygens (including phenoxy) is 1. The highest BCUT2D eigenvalue weighted by Gasteiger charge is 2.18. The molecule has 0 aliphatic carbocycles. The van der Waals surface area contributed by atoms with Gasteiger partial charge in [-0.25, -0.2) is 9.97 Å². The molecular formula is C17H14N4O4. The Morgan fingerprint density at radius 2 is 2.04 bits per heavy atom. The third-order valence-corrected chi connectivity index (χ3v) is 3.66. The number of hydrogen-bond acceptors (Lipinski definition) is 7. The molecule has 1 aromatic heterocycles. The Labute approximate surface area is 142 Å². The van der Waals surface area contributed by atoms with Gasteiger partial charge in [0.25, 0.3) is 0 Å². The Balaban J connectivity index is 2.10. The first-order valence-corrected chi connectivity index (χ1v) is 7.34. The minimum absolute atomic E-state index is 0.0587. The monoisotopic (exact) mass is 338 g/mol. The van der Waals surface area contributed by atoms with Crippen LogP contribution < -0.4 is 10.1 Å². The standard InChI is InChI=1S/C17H14N4O4/c1-10(22)11-4-3-5-12(6-11)20-17-13-7-15(21(23)24)16(25-2)8-14(13)18-9-19-17/h3-9H,1-2H3,(H,18,19,20). The van der Waals surface area contributed by atoms with E-state index in [2.05, 4.69) is 15.3 Å². The largest absolute Gasteiger partial charge is 0.490 e. The van der Waals surface area contributed by atoms with Gasteiger partial charge < -0.3 is 10.1 Å². The van der Waals surface area contributed by atoms with Crippen molar-refractivity contribution in [3.8, 4) is 5.75 Å². The van der Waals surface area contributed by atoms with Gasteiger partial charge in [0.2, 0.25) is 0 Å². The average Bonchev–Trinajstić information content (AvgIpc) is 2.61. The average molecular weight is 338 g/mol. The molecule has 3 aromatic rings. The molecule has 25 heavy (non-hydrogen) atoms. The van der Waals surface area contributed by atoms with Crippen LogP contribution in [0, 0.1) is 10.1 Å². The molecule has 0 radical (unpaired) electrons. The smallest absolute Gasteiger partial charge is 0.311 e. The predicted octanol–water partition coefficient (Wildman–Crippen LogP) is 3.49. The summed E-state index contributed by atoms with van der Waals surface area (Å²) in [4.78, 5) is 30.5. The highest BCUT2D eigenvalue weighted by Crippen LogP contribution is 2.34. The van der Waals surface area contributed by atoms with Crippen molar-refractivity contribution >= 4 is 33.9 Å². The Bertz CT molecular complexity index is 988. The second-order valence-electron chi connectivity index (χ2n) is 5.28. The van der Waals surface area contributed by atoms with Crippen LogP contribution in [0.2, 0.25) is 0 Å². The highest BCUT2D eigenvalue weighted by atomic mass is 16.6. The summed E-state index contributed by atoms with van der Waals surface area (Å²) in [6.45, 7) is 1.48. The van der Waals surface area contributed by atoms with E-state index in [1.165, 1.54) is 32.5 Å². The van der Waals surface area contributed by atoms with Crippen molar-refractivity contribution in [2.24, 2.45) is 0 Å². The topological polar surface area (TPSA) is 107 Å². The summed E-state index contributed by atoms with van der Waals surface area (Å²) in [5.41, 5.74) is 1.52. The van der Waals surface area contributed by atoms with Crippen LogP contribution in [0.1, 0.15) is 17.3 Å². The highest BCUT2D eigenvalue weighted by molar-refractivity contribution is 5.96. The van der Waals surface area contributed by atoms with Gasteiger partial charge in [-0.3, -0.25) is 14.9 Å². The molecular weight excluding hydrogens is 324 g/mol. The van der Waals surface area contributed by atoms with Gasteiger partial charge in [-0.1, -0.05) is 12.1 Å². The van der Waals surface area contributed by atoms with Gasteiger partial charge in [0.15, 0.2) is 11.5 Å². The second-order valence-corrected chi connectivity index (χ2v) is 5.28. The number of nitrogens with zero attached hydrogens (tertiary/aromatic N) is 3. The van der Waals surface area contributed by atoms with Crippen molar-refractivity contribution in [3.05, 3.63) is 58.4 Å². The lowest BCUT2D eigenvalue weighted by atomic mass is 10.1. The number of Topliss-reactive ketones (excluding diaryl/α,β-unsaturated/α-hetero) is 1. The number of methoxy groups -OCH3 is 1. The molecule has 0 aliphatic heterocycles. The summed E-state index contributed by atoms with van der Waals surface area (Å²) in [5.74, 6) is 0.466. The number of ketones is 1. The normalized spacial score (nSPS) is 10.5. The zero-order valence-electron chi connectivity index (χ0n) is 13.5. The molecule has 0 unspecified atom stereocenters. The van der Waals surface area contributed by atoms with E-state index in [0.29, 0.717) is 28.0 Å². The number of anilines is 2. The van der Waals surface area contributed by atoms with Crippen molar-refractivity contribution in [2.75, 3.05) is 12.4 Å². The minimum Gasteiger partial charge on any atom is -0.490 e. The molecule has 0 atom stereocenters. The fourth-order valence-corrected chi connectivity index (χ4v) is 2.43. The quantitative estimate of drug-likeness (QED) is 0.431. The summed E-state index contributed by atoms with van der Waals surface area (Å²) in [6.07, 6.45) is 1.35. The Hall–Kier alpha value is -3.55. The summed E-state index contributed by atoms with van der Waals surface area (Å²) < 4.78 is 5.06. The number of carbonyl (C=O) groups excluding carboxylic acids is 1. The first-order valence-electron chi connectivity index (χ1n) is 7.34. The van der Waals surface area contributed by atoms with Crippen LogP contribution in [0.5, 0.6) is 5.75 Å². The van der Waals surface area contributed by atoms with Crippen molar-refractivity contribution < 1.29 is 14.5 Å². The molecule has 2 aromatic carbocycles. The van der Waals surface area contributed by atoms with Gasteiger partial charge in [-0.2, -0.15) is 0 Å². The van der Waals surface area contributed by atoms with Gasteiger partial charge in [0, 0.05) is 23.4 Å². The molecule has 3 rings (SSSR count). The SMILES string of the molecule is COc1cc2ncnc(Nc3cccc(C(C)=O)c3)c2cc1[N+](=O)[O-]. The molecule has 126 valence electrons. The second kappa shape index (κ2) is 6.52. The molecule has 8 nitrogen and oxygen atoms in total. The van der Waals surface area contributed by atoms with Crippen LogP contribution in [0.4, 0.5) is 17.2 Å². The molecule has 0 saturated heterocycles. The summed E-state index contributed by atoms with van der Waals surface area (Å²) in [5, 5.41) is 14.8. The Morgan fingerprint density at radius 1 is 1.24 bits per heavy atom. The van der Waals surface area contributed by atoms with Crippen LogP contribution in [0.25, 0.3) is 10.9 Å². The molecule has 1 heterocycles. The summed E-state index contributed by atoms with van der Waals surface area (Å²) in [7, 11) is 1.36. The summed E-state index contributed by atoms with van der Waals surface area (Å²) >= 11 is 0. The van der Waals surface area contributed by atoms with Gasteiger partial charge in [0.05, 0.1) is 22.9 Å². The number of rotatable bonds is 5. The minimum atomic E-state index is -0.522. The molecule has 0 bridgehead atoms. The maximum atomic E-state index is 11.5. The van der Waals surface area contributed by atoms with Crippen LogP contribution >= 0.6 is 0 Å². The zero-order chi connectivity index (χ0) is 18.0. The fourth-order valence-electron chi connectivity index (χ4n) is 2.43. The zero-order valence-corrected chi connectivity index (χ0v) is 13.5. The molecule has 1 N–H and O–H groups in total. The first-order chi connectivity index (χ1) is 12.0. The molecule has 0 aliphatic rings. The number of nitro benzene ring substituents is 1. The van der Waals surface area contributed by atoms with E-state index in [1.54, 1.807) is 24.3 Å². The lowest BCUT2D eigenvalue weighted by molar-refractivity contribution is -0.385. The predicted molar refractivity (Wildman–Crippen MR) is 92.5 cm³/mol. The van der Waals surface area contributed by atoms with E-state index in [9.17, 15) is 14.9 Å². The first kappa shape index (κ1) is 16.3. The lowest BCUT2D eigenvalue weighted by Gasteiger charge is -2.10. The third-order valence-electron chi connectivity index (χ3n) is 3.66. The Morgan fingerprint density at radius 3 is 2.72 bits per heavy atom. The van der Waals surface area contributed by atoms with Crippen molar-refractivity contribution in [3.63, 3.8) is 0 Å². The van der Waals surface area contributed by atoms with Crippen molar-refractivity contribution in [2.45, 2.75) is 6.92 Å². The van der Waals surface area contributed by atoms with E-state index in [4.69, 9.17) is 4.74 Å². The van der Waals surface area contributed by atoms with Crippen molar-refractivity contribution in [1.29, 1.82) is 0 Å². The number of fused-ring (bicyclic) bond motifs is 1. The van der Waals surface area contributed by atoms with E-state index in [0.717, 1.165) is 0 Å². The van der Waals surface area contributed by atoms with Gasteiger partial charge >= 0.3 is 5.69 Å². The number of benzene rings is 2. The molecule has 0 saturated carbocycles. The number of aromatic nitrogens is 2. The fraction of sp³-hybridized carbons (Fsp3) is 0.118. The molecule has 0 fully saturated rings. The van der Waals surface area contributed by atoms with Crippen LogP contribution in [0.3, 0.4) is 0 Å². The van der Waals surface area contributed by atoms with E-state index in [-0.39, 0.29) is 17.2 Å². The Kier molecular flexibility index (Phi) is 4.25. The van der Waals surface area contributed by atoms with E-state index < -0.39 is 4.92 Å². The van der Waals surface area contributed by atoms with Crippen LogP contribution in [-0.2, 0) is 0 Å². The summed E-state index contributed by atoms with van der Waals surface area (Å²) in [6, 6.07) is 9.78. The number of carbonyl (C=O) groups is 1. The maximum Gasteiger partial charge on any atom is 0.311 e. The van der Waals surface area contributed by atoms with E-state index >= 15 is 0 Å². The molecule has 8 heteroatoms. The maximum absolute atomic E-state index is 11.5. The third kappa shape index (κ3) is 3.23. The van der Waals surface area contributed by atoms with E-state index in [1.807, 2.05) is 0 Å². The lowest BCUT2D eigenvalue weighted by Crippen LogP contribution is -2.00.